The van der Waals surface area contributed by atoms with Crippen LogP contribution in [0.2, 0.25) is 14.4 Å². The Kier molecular flexibility index (Phi) is 7.24. The van der Waals surface area contributed by atoms with Gasteiger partial charge in [-0.3, -0.25) is 4.98 Å². The van der Waals surface area contributed by atoms with Gasteiger partial charge in [-0.2, -0.15) is 0 Å². The summed E-state index contributed by atoms with van der Waals surface area (Å²) < 4.78 is 17.6. The molecule has 0 saturated carbocycles. The average molecular weight is 473 g/mol. The number of methoxy groups -OCH3 is 2. The highest BCUT2D eigenvalue weighted by molar-refractivity contribution is 7.16. The van der Waals surface area contributed by atoms with Crippen LogP contribution in [0, 0.1) is 0 Å². The van der Waals surface area contributed by atoms with Crippen LogP contribution in [-0.4, -0.2) is 25.5 Å². The van der Waals surface area contributed by atoms with Gasteiger partial charge in [0.05, 0.1) is 34.5 Å². The van der Waals surface area contributed by atoms with E-state index in [-0.39, 0.29) is 16.7 Å². The molecule has 29 heavy (non-hydrogen) atoms. The number of carbonyl (C=O) groups excluding carboxylic acids is 1. The first-order valence-electron chi connectivity index (χ1n) is 8.36. The summed E-state index contributed by atoms with van der Waals surface area (Å²) in [7, 11) is 3.02. The van der Waals surface area contributed by atoms with Gasteiger partial charge in [0, 0.05) is 28.4 Å². The first-order chi connectivity index (χ1) is 14.0. The molecule has 1 atom stereocenters. The van der Waals surface area contributed by atoms with Gasteiger partial charge in [-0.25, -0.2) is 0 Å². The highest BCUT2D eigenvalue weighted by Crippen LogP contribution is 2.46. The second kappa shape index (κ2) is 9.67. The van der Waals surface area contributed by atoms with Gasteiger partial charge in [0.2, 0.25) is 5.75 Å². The third-order valence-electron chi connectivity index (χ3n) is 4.19. The zero-order chi connectivity index (χ0) is 21.0. The fourth-order valence-electron chi connectivity index (χ4n) is 2.90. The van der Waals surface area contributed by atoms with Crippen molar-refractivity contribution < 1.29 is 19.0 Å². The van der Waals surface area contributed by atoms with Crippen molar-refractivity contribution in [2.45, 2.75) is 12.5 Å². The predicted molar refractivity (Wildman–Crippen MR) is 115 cm³/mol. The lowest BCUT2D eigenvalue weighted by atomic mass is 9.92. The lowest BCUT2D eigenvalue weighted by molar-refractivity contribution is -0.108. The number of aldehydes is 1. The molecule has 0 saturated heterocycles. The van der Waals surface area contributed by atoms with E-state index in [0.29, 0.717) is 32.7 Å². The molecular formula is C20H16Cl3NO4S. The number of carbonyl (C=O) groups is 1. The number of thiophene rings is 1. The Morgan fingerprint density at radius 3 is 2.31 bits per heavy atom. The Morgan fingerprint density at radius 1 is 1.03 bits per heavy atom. The number of pyridine rings is 1. The van der Waals surface area contributed by atoms with Crippen LogP contribution < -0.4 is 14.2 Å². The van der Waals surface area contributed by atoms with Gasteiger partial charge in [0.25, 0.3) is 0 Å². The minimum Gasteiger partial charge on any atom is -0.493 e. The number of ether oxygens (including phenoxy) is 3. The standard InChI is InChI=1S/C20H16Cl3NO4S/c1-26-16-5-4-12(13(9-25)18-14(21)7-24-8-15(18)22)19(20(16)27-2)28-10-11-3-6-17(23)29-11/h3-9,13H,10H2,1-2H3. The van der Waals surface area contributed by atoms with E-state index >= 15 is 0 Å². The van der Waals surface area contributed by atoms with Crippen molar-refractivity contribution in [1.29, 1.82) is 0 Å². The lowest BCUT2D eigenvalue weighted by Gasteiger charge is -2.21. The van der Waals surface area contributed by atoms with Crippen molar-refractivity contribution in [3.05, 3.63) is 67.0 Å². The van der Waals surface area contributed by atoms with Gasteiger partial charge in [-0.15, -0.1) is 11.3 Å². The highest BCUT2D eigenvalue weighted by Gasteiger charge is 2.27. The number of rotatable bonds is 8. The molecular weight excluding hydrogens is 457 g/mol. The summed E-state index contributed by atoms with van der Waals surface area (Å²) in [5, 5.41) is 0.556. The number of halogens is 3. The largest absolute Gasteiger partial charge is 0.493 e. The van der Waals surface area contributed by atoms with E-state index in [0.717, 1.165) is 11.2 Å². The van der Waals surface area contributed by atoms with Crippen molar-refractivity contribution in [3.8, 4) is 17.2 Å². The molecule has 0 aliphatic rings. The maximum atomic E-state index is 12.1. The Hall–Kier alpha value is -1.99. The number of benzene rings is 1. The molecule has 152 valence electrons. The monoisotopic (exact) mass is 471 g/mol. The van der Waals surface area contributed by atoms with Crippen LogP contribution in [0.5, 0.6) is 17.2 Å². The van der Waals surface area contributed by atoms with Gasteiger partial charge < -0.3 is 19.0 Å². The van der Waals surface area contributed by atoms with Crippen LogP contribution in [0.1, 0.15) is 21.9 Å². The number of hydrogen-bond donors (Lipinski definition) is 0. The Bertz CT molecular complexity index is 1000. The van der Waals surface area contributed by atoms with E-state index < -0.39 is 5.92 Å². The average Bonchev–Trinajstić information content (AvgIpc) is 3.13. The molecule has 5 nitrogen and oxygen atoms in total. The first kappa shape index (κ1) is 21.7. The Morgan fingerprint density at radius 2 is 1.76 bits per heavy atom. The zero-order valence-electron chi connectivity index (χ0n) is 15.4. The maximum Gasteiger partial charge on any atom is 0.203 e. The molecule has 9 heteroatoms. The van der Waals surface area contributed by atoms with E-state index in [2.05, 4.69) is 4.98 Å². The topological polar surface area (TPSA) is 57.7 Å². The molecule has 0 amide bonds. The summed E-state index contributed by atoms with van der Waals surface area (Å²) in [4.78, 5) is 17.0. The quantitative estimate of drug-likeness (QED) is 0.375. The van der Waals surface area contributed by atoms with Gasteiger partial charge in [0.1, 0.15) is 12.9 Å². The lowest BCUT2D eigenvalue weighted by Crippen LogP contribution is -2.09. The fourth-order valence-corrected chi connectivity index (χ4v) is 4.50. The number of hydrogen-bond acceptors (Lipinski definition) is 6. The van der Waals surface area contributed by atoms with Gasteiger partial charge in [-0.1, -0.05) is 40.9 Å². The van der Waals surface area contributed by atoms with E-state index in [1.807, 2.05) is 6.07 Å². The summed E-state index contributed by atoms with van der Waals surface area (Å²) in [5.41, 5.74) is 0.977. The summed E-state index contributed by atoms with van der Waals surface area (Å²) in [5.74, 6) is 0.394. The molecule has 0 spiro atoms. The third-order valence-corrected chi connectivity index (χ3v) is 6.00. The molecule has 0 aliphatic heterocycles. The SMILES string of the molecule is COc1ccc(C(C=O)c2c(Cl)cncc2Cl)c(OCc2ccc(Cl)s2)c1OC. The molecule has 0 fully saturated rings. The van der Waals surface area contributed by atoms with Crippen molar-refractivity contribution in [1.82, 2.24) is 4.98 Å². The van der Waals surface area contributed by atoms with Gasteiger partial charge >= 0.3 is 0 Å². The van der Waals surface area contributed by atoms with Crippen molar-refractivity contribution in [3.63, 3.8) is 0 Å². The van der Waals surface area contributed by atoms with Crippen LogP contribution in [0.25, 0.3) is 0 Å². The molecule has 3 aromatic rings. The van der Waals surface area contributed by atoms with Crippen LogP contribution in [-0.2, 0) is 11.4 Å². The van der Waals surface area contributed by atoms with Crippen LogP contribution in [0.15, 0.2) is 36.7 Å². The smallest absolute Gasteiger partial charge is 0.203 e. The van der Waals surface area contributed by atoms with Crippen molar-refractivity contribution in [2.75, 3.05) is 14.2 Å². The Balaban J connectivity index is 2.12. The Labute approximate surface area is 187 Å². The normalized spacial score (nSPS) is 11.8. The summed E-state index contributed by atoms with van der Waals surface area (Å²) in [6.45, 7) is 0.233. The minimum absolute atomic E-state index is 0.233. The minimum atomic E-state index is -0.792. The summed E-state index contributed by atoms with van der Waals surface area (Å²) in [6.07, 6.45) is 3.63. The summed E-state index contributed by atoms with van der Waals surface area (Å²) >= 11 is 20.0. The molecule has 0 bridgehead atoms. The van der Waals surface area contributed by atoms with E-state index in [9.17, 15) is 4.79 Å². The second-order valence-electron chi connectivity index (χ2n) is 5.84. The first-order valence-corrected chi connectivity index (χ1v) is 10.3. The van der Waals surface area contributed by atoms with E-state index in [1.54, 1.807) is 18.2 Å². The molecule has 3 rings (SSSR count). The van der Waals surface area contributed by atoms with E-state index in [1.165, 1.54) is 38.0 Å². The third kappa shape index (κ3) is 4.61. The number of aromatic nitrogens is 1. The van der Waals surface area contributed by atoms with Crippen LogP contribution in [0.4, 0.5) is 0 Å². The summed E-state index contributed by atoms with van der Waals surface area (Å²) in [6, 6.07) is 7.08. The fraction of sp³-hybridized carbons (Fsp3) is 0.200. The molecule has 0 radical (unpaired) electrons. The molecule has 2 heterocycles. The van der Waals surface area contributed by atoms with Gasteiger partial charge in [-0.05, 0) is 18.2 Å². The maximum absolute atomic E-state index is 12.1. The van der Waals surface area contributed by atoms with Crippen molar-refractivity contribution >= 4 is 52.4 Å². The molecule has 1 aromatic carbocycles. The number of nitrogens with zero attached hydrogens (tertiary/aromatic N) is 1. The van der Waals surface area contributed by atoms with Gasteiger partial charge in [0.15, 0.2) is 11.5 Å². The second-order valence-corrected chi connectivity index (χ2v) is 8.46. The van der Waals surface area contributed by atoms with Crippen molar-refractivity contribution in [2.24, 2.45) is 0 Å². The molecule has 2 aromatic heterocycles. The highest BCUT2D eigenvalue weighted by atomic mass is 35.5. The van der Waals surface area contributed by atoms with Crippen LogP contribution >= 0.6 is 46.1 Å². The molecule has 1 unspecified atom stereocenters. The van der Waals surface area contributed by atoms with Crippen LogP contribution in [0.3, 0.4) is 0 Å². The molecule has 0 N–H and O–H groups in total. The molecule has 0 aliphatic carbocycles. The zero-order valence-corrected chi connectivity index (χ0v) is 18.5. The van der Waals surface area contributed by atoms with E-state index in [4.69, 9.17) is 49.0 Å². The predicted octanol–water partition coefficient (Wildman–Crippen LogP) is 6.03.